The topological polar surface area (TPSA) is 32.3 Å². The third-order valence-electron chi connectivity index (χ3n) is 3.35. The number of hydrogen-bond donors (Lipinski definition) is 0. The number of hydrogen-bond acceptors (Lipinski definition) is 4. The molecule has 0 aliphatic carbocycles. The maximum atomic E-state index is 12.7. The van der Waals surface area contributed by atoms with E-state index in [-0.39, 0.29) is 11.0 Å². The Kier molecular flexibility index (Phi) is 4.39. The fraction of sp³-hybridized carbons (Fsp3) is 0.667. The van der Waals surface area contributed by atoms with Crippen LogP contribution < -0.4 is 4.90 Å². The second kappa shape index (κ2) is 5.73. The zero-order valence-electron chi connectivity index (χ0n) is 11.3. The molecule has 0 bridgehead atoms. The number of likely N-dealkylation sites (tertiary alicyclic amines) is 1. The zero-order chi connectivity index (χ0) is 14.9. The lowest BCUT2D eigenvalue weighted by Gasteiger charge is -2.22. The summed E-state index contributed by atoms with van der Waals surface area (Å²) in [5.74, 6) is -0.574. The van der Waals surface area contributed by atoms with Crippen LogP contribution in [0.15, 0.2) is 6.07 Å². The normalized spacial score (nSPS) is 20.4. The van der Waals surface area contributed by atoms with E-state index in [2.05, 4.69) is 14.9 Å². The molecule has 2 heterocycles. The van der Waals surface area contributed by atoms with E-state index >= 15 is 0 Å². The van der Waals surface area contributed by atoms with Crippen LogP contribution >= 0.6 is 11.6 Å². The minimum absolute atomic E-state index is 0.197. The van der Waals surface area contributed by atoms with E-state index in [0.717, 1.165) is 19.5 Å². The van der Waals surface area contributed by atoms with Crippen LogP contribution in [0.5, 0.6) is 0 Å². The van der Waals surface area contributed by atoms with Gasteiger partial charge in [-0.2, -0.15) is 13.2 Å². The van der Waals surface area contributed by atoms with E-state index in [4.69, 9.17) is 11.6 Å². The van der Waals surface area contributed by atoms with E-state index in [1.807, 2.05) is 7.05 Å². The molecule has 112 valence electrons. The van der Waals surface area contributed by atoms with E-state index in [1.165, 1.54) is 6.07 Å². The molecule has 20 heavy (non-hydrogen) atoms. The van der Waals surface area contributed by atoms with Gasteiger partial charge in [0.25, 0.3) is 0 Å². The number of alkyl halides is 3. The van der Waals surface area contributed by atoms with Crippen molar-refractivity contribution in [3.63, 3.8) is 0 Å². The van der Waals surface area contributed by atoms with Gasteiger partial charge in [-0.15, -0.1) is 0 Å². The van der Waals surface area contributed by atoms with E-state index < -0.39 is 12.0 Å². The van der Waals surface area contributed by atoms with Crippen molar-refractivity contribution in [3.05, 3.63) is 17.0 Å². The number of aromatic nitrogens is 2. The highest BCUT2D eigenvalue weighted by Crippen LogP contribution is 2.29. The molecule has 0 amide bonds. The van der Waals surface area contributed by atoms with Crippen LogP contribution in [-0.4, -0.2) is 48.6 Å². The van der Waals surface area contributed by atoms with Crippen molar-refractivity contribution in [2.75, 3.05) is 38.6 Å². The van der Waals surface area contributed by atoms with Crippen LogP contribution in [0, 0.1) is 5.92 Å². The quantitative estimate of drug-likeness (QED) is 0.803. The number of halogens is 4. The fourth-order valence-corrected chi connectivity index (χ4v) is 2.56. The Hall–Kier alpha value is -1.08. The first-order chi connectivity index (χ1) is 9.25. The third-order valence-corrected chi connectivity index (χ3v) is 3.54. The van der Waals surface area contributed by atoms with Gasteiger partial charge in [-0.25, -0.2) is 9.97 Å². The van der Waals surface area contributed by atoms with Gasteiger partial charge in [0.15, 0.2) is 0 Å². The molecular formula is C12H16ClF3N4. The van der Waals surface area contributed by atoms with Crippen molar-refractivity contribution in [1.82, 2.24) is 14.9 Å². The Morgan fingerprint density at radius 3 is 2.70 bits per heavy atom. The molecule has 1 saturated heterocycles. The van der Waals surface area contributed by atoms with Crippen molar-refractivity contribution in [2.45, 2.75) is 12.6 Å². The predicted octanol–water partition coefficient (Wildman–Crippen LogP) is 2.54. The lowest BCUT2D eigenvalue weighted by Crippen LogP contribution is -2.28. The molecule has 1 fully saturated rings. The van der Waals surface area contributed by atoms with E-state index in [9.17, 15) is 13.2 Å². The molecule has 4 nitrogen and oxygen atoms in total. The summed E-state index contributed by atoms with van der Waals surface area (Å²) in [5.41, 5.74) is 0. The van der Waals surface area contributed by atoms with Gasteiger partial charge in [0.2, 0.25) is 5.82 Å². The van der Waals surface area contributed by atoms with Crippen LogP contribution in [-0.2, 0) is 6.18 Å². The average Bonchev–Trinajstić information content (AvgIpc) is 2.72. The number of nitrogens with zero attached hydrogens (tertiary/aromatic N) is 4. The summed E-state index contributed by atoms with van der Waals surface area (Å²) < 4.78 is 38.0. The fourth-order valence-electron chi connectivity index (χ4n) is 2.38. The Bertz CT molecular complexity index is 480. The van der Waals surface area contributed by atoms with Crippen molar-refractivity contribution < 1.29 is 13.2 Å². The monoisotopic (exact) mass is 308 g/mol. The molecule has 1 aliphatic heterocycles. The first kappa shape index (κ1) is 15.3. The van der Waals surface area contributed by atoms with Crippen LogP contribution in [0.2, 0.25) is 5.15 Å². The van der Waals surface area contributed by atoms with Gasteiger partial charge < -0.3 is 9.80 Å². The Morgan fingerprint density at radius 2 is 2.15 bits per heavy atom. The average molecular weight is 309 g/mol. The molecule has 1 aromatic heterocycles. The maximum Gasteiger partial charge on any atom is 0.451 e. The van der Waals surface area contributed by atoms with Crippen LogP contribution in [0.4, 0.5) is 19.0 Å². The second-order valence-corrected chi connectivity index (χ2v) is 5.55. The van der Waals surface area contributed by atoms with Gasteiger partial charge in [0.1, 0.15) is 11.0 Å². The molecule has 0 N–H and O–H groups in total. The summed E-state index contributed by atoms with van der Waals surface area (Å²) in [6.45, 7) is 2.60. The molecule has 1 atom stereocenters. The van der Waals surface area contributed by atoms with Gasteiger partial charge in [-0.1, -0.05) is 11.6 Å². The van der Waals surface area contributed by atoms with Gasteiger partial charge in [-0.05, 0) is 25.9 Å². The summed E-state index contributed by atoms with van der Waals surface area (Å²) in [4.78, 5) is 10.7. The number of rotatable bonds is 3. The molecule has 0 radical (unpaired) electrons. The molecule has 0 spiro atoms. The lowest BCUT2D eigenvalue weighted by atomic mass is 10.1. The summed E-state index contributed by atoms with van der Waals surface area (Å²) in [7, 11) is 3.75. The summed E-state index contributed by atoms with van der Waals surface area (Å²) >= 11 is 5.65. The first-order valence-corrected chi connectivity index (χ1v) is 6.65. The third kappa shape index (κ3) is 3.73. The molecular weight excluding hydrogens is 293 g/mol. The predicted molar refractivity (Wildman–Crippen MR) is 70.9 cm³/mol. The van der Waals surface area contributed by atoms with Gasteiger partial charge in [0, 0.05) is 26.2 Å². The standard InChI is InChI=1S/C12H16ClF3N4/c1-19-4-3-8(6-19)7-20(2)10-5-9(13)17-11(18-10)12(14,15)16/h5,8H,3-4,6-7H2,1-2H3. The lowest BCUT2D eigenvalue weighted by molar-refractivity contribution is -0.144. The number of anilines is 1. The highest BCUT2D eigenvalue weighted by molar-refractivity contribution is 6.29. The SMILES string of the molecule is CN1CCC(CN(C)c2cc(Cl)nc(C(F)(F)F)n2)C1. The summed E-state index contributed by atoms with van der Waals surface area (Å²) in [6.07, 6.45) is -3.56. The largest absolute Gasteiger partial charge is 0.451 e. The zero-order valence-corrected chi connectivity index (χ0v) is 12.0. The molecule has 8 heteroatoms. The van der Waals surface area contributed by atoms with Gasteiger partial charge in [-0.3, -0.25) is 0 Å². The smallest absolute Gasteiger partial charge is 0.359 e. The summed E-state index contributed by atoms with van der Waals surface area (Å²) in [6, 6.07) is 1.36. The van der Waals surface area contributed by atoms with Crippen LogP contribution in [0.25, 0.3) is 0 Å². The molecule has 0 saturated carbocycles. The molecule has 0 aromatic carbocycles. The minimum atomic E-state index is -4.59. The Labute approximate surface area is 120 Å². The maximum absolute atomic E-state index is 12.7. The van der Waals surface area contributed by atoms with Crippen molar-refractivity contribution in [1.29, 1.82) is 0 Å². The van der Waals surface area contributed by atoms with E-state index in [0.29, 0.717) is 12.5 Å². The van der Waals surface area contributed by atoms with E-state index in [1.54, 1.807) is 11.9 Å². The Balaban J connectivity index is 2.13. The molecule has 1 unspecified atom stereocenters. The molecule has 1 aromatic rings. The van der Waals surface area contributed by atoms with Crippen molar-refractivity contribution in [2.24, 2.45) is 5.92 Å². The van der Waals surface area contributed by atoms with Crippen molar-refractivity contribution >= 4 is 17.4 Å². The first-order valence-electron chi connectivity index (χ1n) is 6.27. The van der Waals surface area contributed by atoms with Gasteiger partial charge in [0.05, 0.1) is 0 Å². The minimum Gasteiger partial charge on any atom is -0.359 e. The highest BCUT2D eigenvalue weighted by Gasteiger charge is 2.35. The van der Waals surface area contributed by atoms with Crippen molar-refractivity contribution in [3.8, 4) is 0 Å². The molecule has 1 aliphatic rings. The molecule has 2 rings (SSSR count). The Morgan fingerprint density at radius 1 is 1.45 bits per heavy atom. The van der Waals surface area contributed by atoms with Crippen LogP contribution in [0.1, 0.15) is 12.2 Å². The summed E-state index contributed by atoms with van der Waals surface area (Å²) in [5, 5.41) is -0.197. The highest BCUT2D eigenvalue weighted by atomic mass is 35.5. The second-order valence-electron chi connectivity index (χ2n) is 5.17. The van der Waals surface area contributed by atoms with Gasteiger partial charge >= 0.3 is 6.18 Å². The van der Waals surface area contributed by atoms with Crippen LogP contribution in [0.3, 0.4) is 0 Å².